The highest BCUT2D eigenvalue weighted by Crippen LogP contribution is 2.11. The predicted molar refractivity (Wildman–Crippen MR) is 80.3 cm³/mol. The molecule has 0 bridgehead atoms. The molecule has 0 aromatic carbocycles. The van der Waals surface area contributed by atoms with Crippen LogP contribution in [0.1, 0.15) is 33.1 Å². The molecule has 2 heterocycles. The van der Waals surface area contributed by atoms with Crippen LogP contribution in [-0.4, -0.2) is 61.9 Å². The van der Waals surface area contributed by atoms with Crippen molar-refractivity contribution in [1.82, 2.24) is 10.2 Å². The molecular formula is C14H27ClN2O3. The molecule has 2 aliphatic rings. The number of nitrogens with zero attached hydrogens (tertiary/aromatic N) is 1. The molecule has 2 saturated heterocycles. The van der Waals surface area contributed by atoms with Crippen molar-refractivity contribution in [3.8, 4) is 0 Å². The Hall–Kier alpha value is -0.360. The number of nitrogens with one attached hydrogen (secondary N) is 1. The van der Waals surface area contributed by atoms with E-state index in [4.69, 9.17) is 9.47 Å². The summed E-state index contributed by atoms with van der Waals surface area (Å²) in [6.45, 7) is 7.96. The van der Waals surface area contributed by atoms with Crippen LogP contribution in [0.2, 0.25) is 0 Å². The quantitative estimate of drug-likeness (QED) is 0.848. The molecule has 2 aliphatic heterocycles. The molecule has 2 fully saturated rings. The molecule has 0 spiro atoms. The molecule has 0 saturated carbocycles. The summed E-state index contributed by atoms with van der Waals surface area (Å²) >= 11 is 0. The molecule has 118 valence electrons. The van der Waals surface area contributed by atoms with Gasteiger partial charge in [-0.3, -0.25) is 4.79 Å². The van der Waals surface area contributed by atoms with Gasteiger partial charge in [-0.15, -0.1) is 12.4 Å². The Balaban J connectivity index is 0.00000200. The van der Waals surface area contributed by atoms with E-state index in [1.165, 1.54) is 0 Å². The molecule has 0 aliphatic carbocycles. The summed E-state index contributed by atoms with van der Waals surface area (Å²) in [5, 5.41) is 3.43. The van der Waals surface area contributed by atoms with Gasteiger partial charge in [-0.1, -0.05) is 0 Å². The van der Waals surface area contributed by atoms with Gasteiger partial charge in [0.2, 0.25) is 5.91 Å². The zero-order valence-corrected chi connectivity index (χ0v) is 13.3. The highest BCUT2D eigenvalue weighted by atomic mass is 35.5. The molecule has 0 radical (unpaired) electrons. The van der Waals surface area contributed by atoms with Crippen molar-refractivity contribution < 1.29 is 14.3 Å². The topological polar surface area (TPSA) is 50.8 Å². The van der Waals surface area contributed by atoms with E-state index in [0.717, 1.165) is 39.1 Å². The zero-order chi connectivity index (χ0) is 13.7. The van der Waals surface area contributed by atoms with Crippen molar-refractivity contribution in [2.45, 2.75) is 51.3 Å². The number of carbonyl (C=O) groups is 1. The fourth-order valence-corrected chi connectivity index (χ4v) is 2.84. The predicted octanol–water partition coefficient (Wildman–Crippen LogP) is 1.20. The van der Waals surface area contributed by atoms with Gasteiger partial charge in [0, 0.05) is 38.4 Å². The average Bonchev–Trinajstić information content (AvgIpc) is 2.38. The van der Waals surface area contributed by atoms with Crippen molar-refractivity contribution in [2.24, 2.45) is 0 Å². The van der Waals surface area contributed by atoms with Crippen LogP contribution in [0.4, 0.5) is 0 Å². The van der Waals surface area contributed by atoms with Crippen LogP contribution in [0.5, 0.6) is 0 Å². The summed E-state index contributed by atoms with van der Waals surface area (Å²) in [6.07, 6.45) is 2.69. The van der Waals surface area contributed by atoms with Gasteiger partial charge in [-0.05, 0) is 26.7 Å². The van der Waals surface area contributed by atoms with Gasteiger partial charge in [-0.2, -0.15) is 0 Å². The molecule has 20 heavy (non-hydrogen) atoms. The number of piperazine rings is 1. The van der Waals surface area contributed by atoms with E-state index in [2.05, 4.69) is 19.2 Å². The lowest BCUT2D eigenvalue weighted by molar-refractivity contribution is -0.135. The van der Waals surface area contributed by atoms with Crippen molar-refractivity contribution >= 4 is 18.3 Å². The largest absolute Gasteiger partial charge is 0.381 e. The van der Waals surface area contributed by atoms with Gasteiger partial charge in [0.15, 0.2) is 0 Å². The number of carbonyl (C=O) groups excluding carboxylic acids is 1. The fraction of sp³-hybridized carbons (Fsp3) is 0.929. The number of amides is 1. The lowest BCUT2D eigenvalue weighted by atomic mass is 10.1. The van der Waals surface area contributed by atoms with E-state index in [0.29, 0.717) is 25.1 Å². The van der Waals surface area contributed by atoms with Crippen LogP contribution >= 0.6 is 12.4 Å². The maximum Gasteiger partial charge on any atom is 0.224 e. The molecule has 1 amide bonds. The Labute approximate surface area is 127 Å². The van der Waals surface area contributed by atoms with E-state index < -0.39 is 0 Å². The first-order chi connectivity index (χ1) is 9.15. The SMILES string of the molecule is CC1CN(C(=O)CCOC2CCOCC2)CC(C)N1.Cl. The van der Waals surface area contributed by atoms with E-state index >= 15 is 0 Å². The Morgan fingerprint density at radius 2 is 1.85 bits per heavy atom. The minimum absolute atomic E-state index is 0. The van der Waals surface area contributed by atoms with Crippen LogP contribution in [0, 0.1) is 0 Å². The third kappa shape index (κ3) is 5.56. The maximum absolute atomic E-state index is 12.1. The minimum atomic E-state index is 0. The van der Waals surface area contributed by atoms with E-state index in [1.54, 1.807) is 0 Å². The molecular weight excluding hydrogens is 280 g/mol. The van der Waals surface area contributed by atoms with Gasteiger partial charge in [0.1, 0.15) is 0 Å². The Kier molecular flexibility index (Phi) is 7.80. The van der Waals surface area contributed by atoms with Crippen molar-refractivity contribution in [3.63, 3.8) is 0 Å². The first-order valence-corrected chi connectivity index (χ1v) is 7.38. The highest BCUT2D eigenvalue weighted by Gasteiger charge is 2.24. The van der Waals surface area contributed by atoms with Crippen LogP contribution in [0.25, 0.3) is 0 Å². The molecule has 0 aromatic rings. The minimum Gasteiger partial charge on any atom is -0.381 e. The summed E-state index contributed by atoms with van der Waals surface area (Å²) in [6, 6.07) is 0.758. The zero-order valence-electron chi connectivity index (χ0n) is 12.5. The average molecular weight is 307 g/mol. The third-order valence-corrected chi connectivity index (χ3v) is 3.75. The van der Waals surface area contributed by atoms with E-state index in [1.807, 2.05) is 4.90 Å². The van der Waals surface area contributed by atoms with Gasteiger partial charge >= 0.3 is 0 Å². The van der Waals surface area contributed by atoms with Crippen LogP contribution in [0.3, 0.4) is 0 Å². The van der Waals surface area contributed by atoms with Gasteiger partial charge in [0.05, 0.1) is 19.1 Å². The lowest BCUT2D eigenvalue weighted by Crippen LogP contribution is -2.56. The van der Waals surface area contributed by atoms with Crippen LogP contribution < -0.4 is 5.32 Å². The van der Waals surface area contributed by atoms with Gasteiger partial charge < -0.3 is 19.7 Å². The number of hydrogen-bond donors (Lipinski definition) is 1. The summed E-state index contributed by atoms with van der Waals surface area (Å²) in [4.78, 5) is 14.1. The first-order valence-electron chi connectivity index (χ1n) is 7.38. The molecule has 2 rings (SSSR count). The Morgan fingerprint density at radius 1 is 1.25 bits per heavy atom. The monoisotopic (exact) mass is 306 g/mol. The fourth-order valence-electron chi connectivity index (χ4n) is 2.84. The molecule has 1 N–H and O–H groups in total. The summed E-state index contributed by atoms with van der Waals surface area (Å²) in [5.74, 6) is 0.215. The van der Waals surface area contributed by atoms with Gasteiger partial charge in [0.25, 0.3) is 0 Å². The van der Waals surface area contributed by atoms with Crippen molar-refractivity contribution in [1.29, 1.82) is 0 Å². The number of halogens is 1. The standard InChI is InChI=1S/C14H26N2O3.ClH/c1-11-9-16(10-12(2)15-11)14(17)5-8-19-13-3-6-18-7-4-13;/h11-13,15H,3-10H2,1-2H3;1H. The van der Waals surface area contributed by atoms with Crippen LogP contribution in [-0.2, 0) is 14.3 Å². The second-order valence-corrected chi connectivity index (χ2v) is 5.70. The first kappa shape index (κ1) is 17.7. The number of rotatable bonds is 4. The summed E-state index contributed by atoms with van der Waals surface area (Å²) < 4.78 is 11.0. The second-order valence-electron chi connectivity index (χ2n) is 5.70. The smallest absolute Gasteiger partial charge is 0.224 e. The highest BCUT2D eigenvalue weighted by molar-refractivity contribution is 5.85. The lowest BCUT2D eigenvalue weighted by Gasteiger charge is -2.36. The van der Waals surface area contributed by atoms with E-state index in [-0.39, 0.29) is 24.4 Å². The maximum atomic E-state index is 12.1. The summed E-state index contributed by atoms with van der Waals surface area (Å²) in [7, 11) is 0. The number of ether oxygens (including phenoxy) is 2. The van der Waals surface area contributed by atoms with Crippen molar-refractivity contribution in [2.75, 3.05) is 32.9 Å². The van der Waals surface area contributed by atoms with Crippen molar-refractivity contribution in [3.05, 3.63) is 0 Å². The molecule has 2 atom stereocenters. The molecule has 5 nitrogen and oxygen atoms in total. The van der Waals surface area contributed by atoms with E-state index in [9.17, 15) is 4.79 Å². The Morgan fingerprint density at radius 3 is 2.45 bits per heavy atom. The molecule has 0 aromatic heterocycles. The number of hydrogen-bond acceptors (Lipinski definition) is 4. The normalized spacial score (nSPS) is 28.0. The second kappa shape index (κ2) is 8.82. The molecule has 6 heteroatoms. The molecule has 2 unspecified atom stereocenters. The van der Waals surface area contributed by atoms with Crippen LogP contribution in [0.15, 0.2) is 0 Å². The Bertz CT molecular complexity index is 288. The third-order valence-electron chi connectivity index (χ3n) is 3.75. The van der Waals surface area contributed by atoms with Gasteiger partial charge in [-0.25, -0.2) is 0 Å². The summed E-state index contributed by atoms with van der Waals surface area (Å²) in [5.41, 5.74) is 0.